The second kappa shape index (κ2) is 8.63. The molecule has 1 N–H and O–H groups in total. The fourth-order valence-corrected chi connectivity index (χ4v) is 3.22. The molecule has 2 aromatic carbocycles. The number of carbonyl (C=O) groups excluding carboxylic acids is 2. The summed E-state index contributed by atoms with van der Waals surface area (Å²) in [6, 6.07) is 19.3. The van der Waals surface area contributed by atoms with Gasteiger partial charge in [-0.25, -0.2) is 0 Å². The summed E-state index contributed by atoms with van der Waals surface area (Å²) in [7, 11) is 2.05. The largest absolute Gasteiger partial charge is 0.346 e. The van der Waals surface area contributed by atoms with Gasteiger partial charge in [-0.15, -0.1) is 0 Å². The Bertz CT molecular complexity index is 686. The topological polar surface area (TPSA) is 52.6 Å². The first-order chi connectivity index (χ1) is 12.6. The van der Waals surface area contributed by atoms with Crippen molar-refractivity contribution in [1.29, 1.82) is 0 Å². The zero-order chi connectivity index (χ0) is 18.4. The van der Waals surface area contributed by atoms with Crippen molar-refractivity contribution in [3.05, 3.63) is 71.8 Å². The van der Waals surface area contributed by atoms with Gasteiger partial charge in [0.1, 0.15) is 0 Å². The monoisotopic (exact) mass is 351 g/mol. The lowest BCUT2D eigenvalue weighted by molar-refractivity contribution is -0.134. The van der Waals surface area contributed by atoms with Gasteiger partial charge in [0, 0.05) is 26.2 Å². The molecule has 1 heterocycles. The molecule has 0 aliphatic carbocycles. The van der Waals surface area contributed by atoms with Crippen molar-refractivity contribution in [2.45, 2.75) is 5.92 Å². The number of nitrogens with one attached hydrogen (secondary N) is 1. The van der Waals surface area contributed by atoms with Crippen LogP contribution in [-0.4, -0.2) is 61.4 Å². The first kappa shape index (κ1) is 18.1. The minimum absolute atomic E-state index is 0.0219. The third-order valence-electron chi connectivity index (χ3n) is 4.80. The highest BCUT2D eigenvalue weighted by molar-refractivity contribution is 5.90. The van der Waals surface area contributed by atoms with Crippen LogP contribution in [-0.2, 0) is 9.59 Å². The molecular weight excluding hydrogens is 326 g/mol. The van der Waals surface area contributed by atoms with Gasteiger partial charge >= 0.3 is 0 Å². The molecule has 1 fully saturated rings. The van der Waals surface area contributed by atoms with Gasteiger partial charge < -0.3 is 15.1 Å². The lowest BCUT2D eigenvalue weighted by Gasteiger charge is -2.32. The van der Waals surface area contributed by atoms with Gasteiger partial charge in [-0.1, -0.05) is 60.7 Å². The highest BCUT2D eigenvalue weighted by Gasteiger charge is 2.24. The van der Waals surface area contributed by atoms with E-state index in [9.17, 15) is 9.59 Å². The summed E-state index contributed by atoms with van der Waals surface area (Å²) in [4.78, 5) is 29.3. The predicted molar refractivity (Wildman–Crippen MR) is 102 cm³/mol. The van der Waals surface area contributed by atoms with Crippen LogP contribution >= 0.6 is 0 Å². The Kier molecular flexibility index (Phi) is 6.02. The second-order valence-electron chi connectivity index (χ2n) is 6.66. The van der Waals surface area contributed by atoms with Crippen LogP contribution in [0, 0.1) is 0 Å². The third-order valence-corrected chi connectivity index (χ3v) is 4.80. The fraction of sp³-hybridized carbons (Fsp3) is 0.333. The van der Waals surface area contributed by atoms with E-state index in [-0.39, 0.29) is 18.4 Å². The number of benzene rings is 2. The molecule has 5 heteroatoms. The van der Waals surface area contributed by atoms with Gasteiger partial charge in [0.15, 0.2) is 0 Å². The van der Waals surface area contributed by atoms with Crippen molar-refractivity contribution in [2.24, 2.45) is 0 Å². The maximum Gasteiger partial charge on any atom is 0.242 e. The molecule has 2 aromatic rings. The highest BCUT2D eigenvalue weighted by Crippen LogP contribution is 2.24. The molecule has 0 unspecified atom stereocenters. The lowest BCUT2D eigenvalue weighted by atomic mass is 9.90. The van der Waals surface area contributed by atoms with E-state index in [1.54, 1.807) is 0 Å². The van der Waals surface area contributed by atoms with Gasteiger partial charge in [0.05, 0.1) is 12.5 Å². The first-order valence-corrected chi connectivity index (χ1v) is 8.99. The van der Waals surface area contributed by atoms with Gasteiger partial charge in [0.25, 0.3) is 0 Å². The van der Waals surface area contributed by atoms with Gasteiger partial charge in [-0.05, 0) is 18.2 Å². The van der Waals surface area contributed by atoms with E-state index in [1.165, 1.54) is 0 Å². The number of hydrogen-bond acceptors (Lipinski definition) is 3. The van der Waals surface area contributed by atoms with E-state index >= 15 is 0 Å². The van der Waals surface area contributed by atoms with E-state index in [2.05, 4.69) is 10.2 Å². The summed E-state index contributed by atoms with van der Waals surface area (Å²) >= 11 is 0. The molecule has 2 amide bonds. The Labute approximate surface area is 154 Å². The van der Waals surface area contributed by atoms with E-state index in [0.29, 0.717) is 13.1 Å². The van der Waals surface area contributed by atoms with Crippen molar-refractivity contribution in [1.82, 2.24) is 15.1 Å². The van der Waals surface area contributed by atoms with E-state index in [0.717, 1.165) is 24.2 Å². The molecule has 1 saturated heterocycles. The maximum atomic E-state index is 12.9. The number of hydrogen-bond donors (Lipinski definition) is 1. The number of nitrogens with zero attached hydrogens (tertiary/aromatic N) is 2. The zero-order valence-electron chi connectivity index (χ0n) is 15.1. The average molecular weight is 351 g/mol. The Balaban J connectivity index is 1.67. The van der Waals surface area contributed by atoms with Crippen LogP contribution < -0.4 is 5.32 Å². The number of amides is 2. The summed E-state index contributed by atoms with van der Waals surface area (Å²) in [6.45, 7) is 3.21. The molecule has 0 bridgehead atoms. The molecule has 5 nitrogen and oxygen atoms in total. The molecule has 0 saturated carbocycles. The molecule has 0 atom stereocenters. The lowest BCUT2D eigenvalue weighted by Crippen LogP contribution is -2.50. The number of rotatable bonds is 5. The van der Waals surface area contributed by atoms with E-state index in [1.807, 2.05) is 72.6 Å². The van der Waals surface area contributed by atoms with Crippen LogP contribution in [0.3, 0.4) is 0 Å². The summed E-state index contributed by atoms with van der Waals surface area (Å²) in [5.41, 5.74) is 1.84. The van der Waals surface area contributed by atoms with Gasteiger partial charge in [-0.3, -0.25) is 9.59 Å². The molecule has 3 rings (SSSR count). The van der Waals surface area contributed by atoms with Crippen molar-refractivity contribution in [3.63, 3.8) is 0 Å². The Morgan fingerprint density at radius 3 is 1.88 bits per heavy atom. The molecule has 1 aliphatic rings. The number of carbonyl (C=O) groups is 2. The van der Waals surface area contributed by atoms with Crippen molar-refractivity contribution in [2.75, 3.05) is 39.8 Å². The van der Waals surface area contributed by atoms with Crippen molar-refractivity contribution in [3.8, 4) is 0 Å². The van der Waals surface area contributed by atoms with Crippen LogP contribution in [0.25, 0.3) is 0 Å². The standard InChI is InChI=1S/C21H25N3O2/c1-23-12-14-24(15-13-23)19(25)16-22-21(26)20(17-8-4-2-5-9-17)18-10-6-3-7-11-18/h2-11,20H,12-16H2,1H3,(H,22,26). The second-order valence-corrected chi connectivity index (χ2v) is 6.66. The SMILES string of the molecule is CN1CCN(C(=O)CNC(=O)C(c2ccccc2)c2ccccc2)CC1. The Morgan fingerprint density at radius 2 is 1.38 bits per heavy atom. The Hall–Kier alpha value is -2.66. The van der Waals surface area contributed by atoms with Crippen LogP contribution in [0.4, 0.5) is 0 Å². The van der Waals surface area contributed by atoms with Crippen LogP contribution in [0.15, 0.2) is 60.7 Å². The Morgan fingerprint density at radius 1 is 0.885 bits per heavy atom. The van der Waals surface area contributed by atoms with Gasteiger partial charge in [0.2, 0.25) is 11.8 Å². The molecule has 0 radical (unpaired) electrons. The van der Waals surface area contributed by atoms with E-state index < -0.39 is 5.92 Å². The minimum atomic E-state index is -0.419. The van der Waals surface area contributed by atoms with Crippen molar-refractivity contribution < 1.29 is 9.59 Å². The first-order valence-electron chi connectivity index (χ1n) is 8.99. The van der Waals surface area contributed by atoms with Crippen molar-refractivity contribution >= 4 is 11.8 Å². The average Bonchev–Trinajstić information content (AvgIpc) is 2.68. The van der Waals surface area contributed by atoms with Crippen LogP contribution in [0.1, 0.15) is 17.0 Å². The number of piperazine rings is 1. The quantitative estimate of drug-likeness (QED) is 0.892. The highest BCUT2D eigenvalue weighted by atomic mass is 16.2. The molecule has 26 heavy (non-hydrogen) atoms. The fourth-order valence-electron chi connectivity index (χ4n) is 3.22. The summed E-state index contributed by atoms with van der Waals surface area (Å²) in [6.07, 6.45) is 0. The van der Waals surface area contributed by atoms with Gasteiger partial charge in [-0.2, -0.15) is 0 Å². The normalized spacial score (nSPS) is 15.1. The molecular formula is C21H25N3O2. The van der Waals surface area contributed by atoms with Crippen LogP contribution in [0.2, 0.25) is 0 Å². The smallest absolute Gasteiger partial charge is 0.242 e. The maximum absolute atomic E-state index is 12.9. The summed E-state index contributed by atoms with van der Waals surface area (Å²) in [5.74, 6) is -0.589. The predicted octanol–water partition coefficient (Wildman–Crippen LogP) is 1.71. The number of likely N-dealkylation sites (N-methyl/N-ethyl adjacent to an activating group) is 1. The minimum Gasteiger partial charge on any atom is -0.346 e. The zero-order valence-corrected chi connectivity index (χ0v) is 15.1. The molecule has 1 aliphatic heterocycles. The third kappa shape index (κ3) is 4.49. The molecule has 0 aromatic heterocycles. The van der Waals surface area contributed by atoms with Crippen LogP contribution in [0.5, 0.6) is 0 Å². The summed E-state index contributed by atoms with van der Waals surface area (Å²) in [5, 5.41) is 2.84. The van der Waals surface area contributed by atoms with E-state index in [4.69, 9.17) is 0 Å². The molecule has 0 spiro atoms. The summed E-state index contributed by atoms with van der Waals surface area (Å²) < 4.78 is 0. The molecule has 136 valence electrons.